The summed E-state index contributed by atoms with van der Waals surface area (Å²) in [5, 5.41) is 4.24. The maximum Gasteiger partial charge on any atom is 0.113 e. The maximum absolute atomic E-state index is 5.79. The smallest absolute Gasteiger partial charge is 0.113 e. The van der Waals surface area contributed by atoms with Gasteiger partial charge in [0.1, 0.15) is 9.34 Å². The highest BCUT2D eigenvalue weighted by molar-refractivity contribution is 7.15. The van der Waals surface area contributed by atoms with Crippen LogP contribution in [0.1, 0.15) is 10.7 Å². The summed E-state index contributed by atoms with van der Waals surface area (Å²) in [7, 11) is 0. The molecule has 2 rings (SSSR count). The lowest BCUT2D eigenvalue weighted by Crippen LogP contribution is -2.01. The van der Waals surface area contributed by atoms with Gasteiger partial charge in [-0.05, 0) is 19.1 Å². The second-order valence-corrected chi connectivity index (χ2v) is 4.79. The fourth-order valence-electron chi connectivity index (χ4n) is 1.21. The lowest BCUT2D eigenvalue weighted by molar-refractivity contribution is 1.08. The van der Waals surface area contributed by atoms with E-state index in [9.17, 15) is 0 Å². The molecule has 0 aromatic carbocycles. The predicted molar refractivity (Wildman–Crippen MR) is 63.4 cm³/mol. The molecule has 2 heterocycles. The van der Waals surface area contributed by atoms with Crippen LogP contribution in [0.2, 0.25) is 4.34 Å². The van der Waals surface area contributed by atoms with E-state index in [2.05, 4.69) is 15.3 Å². The molecule has 15 heavy (non-hydrogen) atoms. The van der Waals surface area contributed by atoms with Crippen molar-refractivity contribution in [3.63, 3.8) is 0 Å². The summed E-state index contributed by atoms with van der Waals surface area (Å²) >= 11 is 7.27. The van der Waals surface area contributed by atoms with Gasteiger partial charge < -0.3 is 5.32 Å². The number of thiazole rings is 1. The molecule has 0 aliphatic heterocycles. The van der Waals surface area contributed by atoms with Crippen molar-refractivity contribution in [3.05, 3.63) is 39.6 Å². The van der Waals surface area contributed by atoms with Crippen LogP contribution in [0.15, 0.2) is 24.5 Å². The lowest BCUT2D eigenvalue weighted by Gasteiger charge is -2.05. The zero-order valence-electron chi connectivity index (χ0n) is 8.20. The molecule has 0 atom stereocenters. The van der Waals surface area contributed by atoms with Gasteiger partial charge in [0.25, 0.3) is 0 Å². The first-order valence-corrected chi connectivity index (χ1v) is 5.71. The molecule has 2 aromatic heterocycles. The normalized spacial score (nSPS) is 10.3. The fourth-order valence-corrected chi connectivity index (χ4v) is 2.11. The van der Waals surface area contributed by atoms with Gasteiger partial charge in [0, 0.05) is 6.20 Å². The Morgan fingerprint density at radius 3 is 3.00 bits per heavy atom. The van der Waals surface area contributed by atoms with Crippen LogP contribution in [0, 0.1) is 6.92 Å². The molecule has 78 valence electrons. The number of pyridine rings is 1. The Morgan fingerprint density at radius 1 is 1.47 bits per heavy atom. The quantitative estimate of drug-likeness (QED) is 0.895. The monoisotopic (exact) mass is 239 g/mol. The van der Waals surface area contributed by atoms with E-state index in [0.29, 0.717) is 6.54 Å². The van der Waals surface area contributed by atoms with Crippen LogP contribution in [-0.2, 0) is 6.54 Å². The Morgan fingerprint density at radius 2 is 2.33 bits per heavy atom. The number of anilines is 1. The first-order valence-electron chi connectivity index (χ1n) is 4.51. The molecular formula is C10H10ClN3S. The summed E-state index contributed by atoms with van der Waals surface area (Å²) in [4.78, 5) is 8.36. The standard InChI is InChI=1S/C10H10ClN3S/c1-7-8(3-2-4-12-7)13-6-10-14-5-9(11)15-10/h2-5,13H,6H2,1H3. The van der Waals surface area contributed by atoms with Gasteiger partial charge in [0.05, 0.1) is 24.1 Å². The van der Waals surface area contributed by atoms with E-state index in [0.717, 1.165) is 20.7 Å². The predicted octanol–water partition coefficient (Wildman–Crippen LogP) is 3.11. The molecule has 0 amide bonds. The molecular weight excluding hydrogens is 230 g/mol. The Hall–Kier alpha value is -1.13. The highest BCUT2D eigenvalue weighted by Crippen LogP contribution is 2.19. The molecule has 0 saturated heterocycles. The zero-order chi connectivity index (χ0) is 10.7. The molecule has 0 aliphatic rings. The maximum atomic E-state index is 5.79. The van der Waals surface area contributed by atoms with Crippen molar-refractivity contribution < 1.29 is 0 Å². The van der Waals surface area contributed by atoms with Gasteiger partial charge in [0.15, 0.2) is 0 Å². The third-order valence-corrected chi connectivity index (χ3v) is 3.08. The molecule has 0 saturated carbocycles. The molecule has 0 spiro atoms. The minimum atomic E-state index is 0.684. The van der Waals surface area contributed by atoms with Crippen LogP contribution in [0.5, 0.6) is 0 Å². The van der Waals surface area contributed by atoms with Crippen LogP contribution in [-0.4, -0.2) is 9.97 Å². The molecule has 0 bridgehead atoms. The SMILES string of the molecule is Cc1ncccc1NCc1ncc(Cl)s1. The summed E-state index contributed by atoms with van der Waals surface area (Å²) in [6, 6.07) is 3.90. The number of nitrogens with one attached hydrogen (secondary N) is 1. The molecule has 5 heteroatoms. The molecule has 3 nitrogen and oxygen atoms in total. The van der Waals surface area contributed by atoms with Gasteiger partial charge in [-0.2, -0.15) is 0 Å². The van der Waals surface area contributed by atoms with E-state index in [1.165, 1.54) is 11.3 Å². The first-order chi connectivity index (χ1) is 7.25. The first kappa shape index (κ1) is 10.4. The number of aryl methyl sites for hydroxylation is 1. The van der Waals surface area contributed by atoms with E-state index < -0.39 is 0 Å². The molecule has 1 N–H and O–H groups in total. The van der Waals surface area contributed by atoms with E-state index in [-0.39, 0.29) is 0 Å². The van der Waals surface area contributed by atoms with E-state index in [4.69, 9.17) is 11.6 Å². The van der Waals surface area contributed by atoms with Crippen LogP contribution in [0.4, 0.5) is 5.69 Å². The summed E-state index contributed by atoms with van der Waals surface area (Å²) < 4.78 is 0.717. The van der Waals surface area contributed by atoms with Crippen molar-refractivity contribution in [2.75, 3.05) is 5.32 Å². The topological polar surface area (TPSA) is 37.8 Å². The van der Waals surface area contributed by atoms with E-state index >= 15 is 0 Å². The average Bonchev–Trinajstić information content (AvgIpc) is 2.63. The number of halogens is 1. The second-order valence-electron chi connectivity index (χ2n) is 3.05. The third kappa shape index (κ3) is 2.67. The number of nitrogens with zero attached hydrogens (tertiary/aromatic N) is 2. The van der Waals surface area contributed by atoms with Crippen molar-refractivity contribution in [1.82, 2.24) is 9.97 Å². The minimum Gasteiger partial charge on any atom is -0.377 e. The summed E-state index contributed by atoms with van der Waals surface area (Å²) in [5.74, 6) is 0. The average molecular weight is 240 g/mol. The zero-order valence-corrected chi connectivity index (χ0v) is 9.77. The molecule has 2 aromatic rings. The van der Waals surface area contributed by atoms with Crippen molar-refractivity contribution >= 4 is 28.6 Å². The van der Waals surface area contributed by atoms with Crippen LogP contribution < -0.4 is 5.32 Å². The fraction of sp³-hybridized carbons (Fsp3) is 0.200. The van der Waals surface area contributed by atoms with Gasteiger partial charge in [-0.1, -0.05) is 11.6 Å². The Bertz CT molecular complexity index is 455. The largest absolute Gasteiger partial charge is 0.377 e. The van der Waals surface area contributed by atoms with Gasteiger partial charge in [-0.25, -0.2) is 4.98 Å². The van der Waals surface area contributed by atoms with Gasteiger partial charge in [-0.3, -0.25) is 4.98 Å². The van der Waals surface area contributed by atoms with Crippen molar-refractivity contribution in [1.29, 1.82) is 0 Å². The Balaban J connectivity index is 2.02. The molecule has 0 radical (unpaired) electrons. The summed E-state index contributed by atoms with van der Waals surface area (Å²) in [5.41, 5.74) is 2.02. The van der Waals surface area contributed by atoms with Crippen molar-refractivity contribution in [2.24, 2.45) is 0 Å². The van der Waals surface area contributed by atoms with Crippen molar-refractivity contribution in [3.8, 4) is 0 Å². The van der Waals surface area contributed by atoms with E-state index in [1.807, 2.05) is 19.1 Å². The summed E-state index contributed by atoms with van der Waals surface area (Å²) in [6.45, 7) is 2.65. The van der Waals surface area contributed by atoms with Gasteiger partial charge in [-0.15, -0.1) is 11.3 Å². The number of rotatable bonds is 3. The van der Waals surface area contributed by atoms with Crippen LogP contribution in [0.25, 0.3) is 0 Å². The van der Waals surface area contributed by atoms with Crippen LogP contribution >= 0.6 is 22.9 Å². The Labute approximate surface area is 97.2 Å². The molecule has 0 fully saturated rings. The Kier molecular flexibility index (Phi) is 3.18. The molecule has 0 aliphatic carbocycles. The molecule has 0 unspecified atom stereocenters. The van der Waals surface area contributed by atoms with E-state index in [1.54, 1.807) is 12.4 Å². The van der Waals surface area contributed by atoms with Gasteiger partial charge in [0.2, 0.25) is 0 Å². The van der Waals surface area contributed by atoms with Crippen molar-refractivity contribution in [2.45, 2.75) is 13.5 Å². The highest BCUT2D eigenvalue weighted by atomic mass is 35.5. The second kappa shape index (κ2) is 4.59. The minimum absolute atomic E-state index is 0.684. The van der Waals surface area contributed by atoms with Crippen LogP contribution in [0.3, 0.4) is 0 Å². The number of aromatic nitrogens is 2. The highest BCUT2D eigenvalue weighted by Gasteiger charge is 2.01. The third-order valence-electron chi connectivity index (χ3n) is 1.96. The van der Waals surface area contributed by atoms with Gasteiger partial charge >= 0.3 is 0 Å². The lowest BCUT2D eigenvalue weighted by atomic mass is 10.3. The number of hydrogen-bond acceptors (Lipinski definition) is 4. The number of hydrogen-bond donors (Lipinski definition) is 1. The summed E-state index contributed by atoms with van der Waals surface area (Å²) in [6.07, 6.45) is 3.44.